The number of nitrogens with one attached hydrogen (secondary N) is 1. The van der Waals surface area contributed by atoms with Crippen LogP contribution in [0.5, 0.6) is 0 Å². The average Bonchev–Trinajstić information content (AvgIpc) is 2.21. The topological polar surface area (TPSA) is 55.1 Å². The molecule has 0 aromatic heterocycles. The van der Waals surface area contributed by atoms with E-state index in [9.17, 15) is 4.79 Å². The molecule has 1 amide bonds. The Morgan fingerprint density at radius 2 is 2.27 bits per heavy atom. The molecule has 0 aliphatic heterocycles. The summed E-state index contributed by atoms with van der Waals surface area (Å²) in [4.78, 5) is 11.8. The number of halogens is 1. The van der Waals surface area contributed by atoms with E-state index in [4.69, 9.17) is 5.73 Å². The Morgan fingerprint density at radius 1 is 1.60 bits per heavy atom. The zero-order valence-electron chi connectivity index (χ0n) is 8.88. The third kappa shape index (κ3) is 3.17. The lowest BCUT2D eigenvalue weighted by atomic mass is 10.1. The molecule has 0 aliphatic carbocycles. The Balaban J connectivity index is 2.87. The van der Waals surface area contributed by atoms with E-state index in [1.54, 1.807) is 0 Å². The maximum Gasteiger partial charge on any atom is 0.252 e. The van der Waals surface area contributed by atoms with E-state index < -0.39 is 0 Å². The van der Waals surface area contributed by atoms with E-state index in [0.717, 1.165) is 14.7 Å². The second-order valence-electron chi connectivity index (χ2n) is 3.55. The highest BCUT2D eigenvalue weighted by atomic mass is 127. The van der Waals surface area contributed by atoms with Crippen LogP contribution in [0.15, 0.2) is 18.2 Å². The molecule has 0 radical (unpaired) electrons. The molecule has 4 heteroatoms. The van der Waals surface area contributed by atoms with Gasteiger partial charge < -0.3 is 11.1 Å². The zero-order chi connectivity index (χ0) is 11.4. The minimum absolute atomic E-state index is 0.00816. The van der Waals surface area contributed by atoms with Crippen molar-refractivity contribution in [3.63, 3.8) is 0 Å². The van der Waals surface area contributed by atoms with Gasteiger partial charge in [0.05, 0.1) is 5.56 Å². The fraction of sp³-hybridized carbons (Fsp3) is 0.364. The number of rotatable bonds is 3. The van der Waals surface area contributed by atoms with Gasteiger partial charge in [-0.1, -0.05) is 12.1 Å². The van der Waals surface area contributed by atoms with Gasteiger partial charge in [-0.15, -0.1) is 0 Å². The maximum absolute atomic E-state index is 11.8. The molecule has 0 bridgehead atoms. The Labute approximate surface area is 104 Å². The normalized spacial score (nSPS) is 12.3. The van der Waals surface area contributed by atoms with Crippen LogP contribution in [0.2, 0.25) is 0 Å². The van der Waals surface area contributed by atoms with E-state index in [-0.39, 0.29) is 11.9 Å². The highest BCUT2D eigenvalue weighted by Crippen LogP contribution is 2.16. The van der Waals surface area contributed by atoms with Crippen molar-refractivity contribution < 1.29 is 4.79 Å². The smallest absolute Gasteiger partial charge is 0.252 e. The van der Waals surface area contributed by atoms with Crippen LogP contribution >= 0.6 is 22.6 Å². The minimum Gasteiger partial charge on any atom is -0.348 e. The zero-order valence-corrected chi connectivity index (χ0v) is 11.0. The van der Waals surface area contributed by atoms with Gasteiger partial charge in [0.2, 0.25) is 0 Å². The standard InChI is InChI=1S/C11H15IN2O/c1-7-4-3-5-9(10(7)12)11(15)14-8(2)6-13/h3-5,8H,6,13H2,1-2H3,(H,14,15)/t8-/m0/s1. The van der Waals surface area contributed by atoms with Crippen LogP contribution in [0.4, 0.5) is 0 Å². The predicted octanol–water partition coefficient (Wildman–Crippen LogP) is 1.68. The summed E-state index contributed by atoms with van der Waals surface area (Å²) < 4.78 is 0.997. The number of amides is 1. The molecule has 1 rings (SSSR count). The van der Waals surface area contributed by atoms with Gasteiger partial charge in [-0.2, -0.15) is 0 Å². The number of hydrogen-bond acceptors (Lipinski definition) is 2. The van der Waals surface area contributed by atoms with Gasteiger partial charge in [-0.3, -0.25) is 4.79 Å². The van der Waals surface area contributed by atoms with Crippen molar-refractivity contribution >= 4 is 28.5 Å². The molecule has 1 atom stereocenters. The maximum atomic E-state index is 11.8. The summed E-state index contributed by atoms with van der Waals surface area (Å²) in [6, 6.07) is 5.71. The lowest BCUT2D eigenvalue weighted by molar-refractivity contribution is 0.0940. The van der Waals surface area contributed by atoms with Crippen LogP contribution in [0.25, 0.3) is 0 Å². The van der Waals surface area contributed by atoms with Crippen molar-refractivity contribution in [2.24, 2.45) is 5.73 Å². The van der Waals surface area contributed by atoms with Crippen molar-refractivity contribution in [1.82, 2.24) is 5.32 Å². The van der Waals surface area contributed by atoms with Crippen molar-refractivity contribution in [3.05, 3.63) is 32.9 Å². The van der Waals surface area contributed by atoms with Gasteiger partial charge in [0.1, 0.15) is 0 Å². The minimum atomic E-state index is -0.0546. The Hall–Kier alpha value is -0.620. The molecule has 0 spiro atoms. The van der Waals surface area contributed by atoms with Crippen LogP contribution in [-0.4, -0.2) is 18.5 Å². The molecule has 0 fully saturated rings. The van der Waals surface area contributed by atoms with Crippen LogP contribution in [0.1, 0.15) is 22.8 Å². The fourth-order valence-electron chi connectivity index (χ4n) is 1.18. The molecule has 15 heavy (non-hydrogen) atoms. The molecule has 0 unspecified atom stereocenters. The van der Waals surface area contributed by atoms with Gasteiger partial charge in [0.15, 0.2) is 0 Å². The Kier molecular flexibility index (Phi) is 4.53. The summed E-state index contributed by atoms with van der Waals surface area (Å²) in [6.07, 6.45) is 0. The van der Waals surface area contributed by atoms with Crippen molar-refractivity contribution in [2.75, 3.05) is 6.54 Å². The molecule has 1 aromatic rings. The summed E-state index contributed by atoms with van der Waals surface area (Å²) >= 11 is 2.19. The van der Waals surface area contributed by atoms with Gasteiger partial charge in [0, 0.05) is 16.2 Å². The first-order valence-corrected chi connectivity index (χ1v) is 5.90. The number of nitrogens with two attached hydrogens (primary N) is 1. The molecule has 0 aliphatic rings. The van der Waals surface area contributed by atoms with Crippen molar-refractivity contribution in [2.45, 2.75) is 19.9 Å². The molecule has 3 nitrogen and oxygen atoms in total. The third-order valence-electron chi connectivity index (χ3n) is 2.17. The van der Waals surface area contributed by atoms with E-state index in [1.165, 1.54) is 0 Å². The van der Waals surface area contributed by atoms with E-state index in [2.05, 4.69) is 27.9 Å². The van der Waals surface area contributed by atoms with Gasteiger partial charge in [0.25, 0.3) is 5.91 Å². The highest BCUT2D eigenvalue weighted by molar-refractivity contribution is 14.1. The summed E-state index contributed by atoms with van der Waals surface area (Å²) in [5.41, 5.74) is 7.28. The molecule has 1 aromatic carbocycles. The lowest BCUT2D eigenvalue weighted by Gasteiger charge is -2.12. The van der Waals surface area contributed by atoms with E-state index in [1.807, 2.05) is 32.0 Å². The lowest BCUT2D eigenvalue weighted by Crippen LogP contribution is -2.38. The number of carbonyl (C=O) groups is 1. The first-order valence-electron chi connectivity index (χ1n) is 4.82. The summed E-state index contributed by atoms with van der Waals surface area (Å²) in [7, 11) is 0. The van der Waals surface area contributed by atoms with Crippen molar-refractivity contribution in [1.29, 1.82) is 0 Å². The fourth-order valence-corrected chi connectivity index (χ4v) is 1.79. The van der Waals surface area contributed by atoms with Crippen LogP contribution in [-0.2, 0) is 0 Å². The SMILES string of the molecule is Cc1cccc(C(=O)N[C@@H](C)CN)c1I. The predicted molar refractivity (Wildman–Crippen MR) is 69.9 cm³/mol. The van der Waals surface area contributed by atoms with Crippen LogP contribution in [0, 0.1) is 10.5 Å². The molecule has 3 N–H and O–H groups in total. The molecule has 0 saturated heterocycles. The largest absolute Gasteiger partial charge is 0.348 e. The summed E-state index contributed by atoms with van der Waals surface area (Å²) in [5, 5.41) is 2.85. The van der Waals surface area contributed by atoms with Gasteiger partial charge >= 0.3 is 0 Å². The van der Waals surface area contributed by atoms with E-state index in [0.29, 0.717) is 6.54 Å². The first kappa shape index (κ1) is 12.4. The van der Waals surface area contributed by atoms with Gasteiger partial charge in [-0.25, -0.2) is 0 Å². The van der Waals surface area contributed by atoms with Crippen LogP contribution in [0.3, 0.4) is 0 Å². The Bertz CT molecular complexity index is 366. The molecule has 0 heterocycles. The van der Waals surface area contributed by atoms with Crippen molar-refractivity contribution in [3.8, 4) is 0 Å². The quantitative estimate of drug-likeness (QED) is 0.833. The number of benzene rings is 1. The molecule has 82 valence electrons. The first-order chi connectivity index (χ1) is 7.06. The second-order valence-corrected chi connectivity index (χ2v) is 4.63. The molecular weight excluding hydrogens is 303 g/mol. The Morgan fingerprint density at radius 3 is 2.87 bits per heavy atom. The summed E-state index contributed by atoms with van der Waals surface area (Å²) in [6.45, 7) is 4.33. The number of aryl methyl sites for hydroxylation is 1. The monoisotopic (exact) mass is 318 g/mol. The number of hydrogen-bond donors (Lipinski definition) is 2. The number of carbonyl (C=O) groups excluding carboxylic acids is 1. The third-order valence-corrected chi connectivity index (χ3v) is 3.60. The summed E-state index contributed by atoms with van der Waals surface area (Å²) in [5.74, 6) is -0.0546. The molecular formula is C11H15IN2O. The van der Waals surface area contributed by atoms with Gasteiger partial charge in [-0.05, 0) is 48.1 Å². The highest BCUT2D eigenvalue weighted by Gasteiger charge is 2.12. The van der Waals surface area contributed by atoms with E-state index >= 15 is 0 Å². The van der Waals surface area contributed by atoms with Crippen LogP contribution < -0.4 is 11.1 Å². The molecule has 0 saturated carbocycles. The second kappa shape index (κ2) is 5.46. The average molecular weight is 318 g/mol.